The van der Waals surface area contributed by atoms with Gasteiger partial charge >= 0.3 is 0 Å². The minimum atomic E-state index is 0.238. The third-order valence-corrected chi connectivity index (χ3v) is 2.24. The number of carbonyl (C=O) groups is 1. The fourth-order valence-corrected chi connectivity index (χ4v) is 1.48. The minimum absolute atomic E-state index is 0.238. The van der Waals surface area contributed by atoms with Gasteiger partial charge in [-0.2, -0.15) is 0 Å². The van der Waals surface area contributed by atoms with Crippen LogP contribution in [0.5, 0.6) is 0 Å². The Morgan fingerprint density at radius 2 is 2.43 bits per heavy atom. The monoisotopic (exact) mass is 192 g/mol. The molecule has 1 rings (SSSR count). The number of pyridine rings is 1. The van der Waals surface area contributed by atoms with Crippen molar-refractivity contribution < 1.29 is 4.79 Å². The molecule has 0 aliphatic heterocycles. The van der Waals surface area contributed by atoms with Gasteiger partial charge in [-0.3, -0.25) is 9.78 Å². The fraction of sp³-hybridized carbons (Fsp3) is 0.455. The minimum Gasteiger partial charge on any atom is -0.311 e. The van der Waals surface area contributed by atoms with Gasteiger partial charge in [0.2, 0.25) is 6.41 Å². The molecular weight excluding hydrogens is 176 g/mol. The number of aromatic nitrogens is 1. The van der Waals surface area contributed by atoms with Crippen LogP contribution in [0.3, 0.4) is 0 Å². The fourth-order valence-electron chi connectivity index (χ4n) is 1.48. The molecule has 14 heavy (non-hydrogen) atoms. The molecule has 1 heterocycles. The molecule has 0 bridgehead atoms. The second-order valence-electron chi connectivity index (χ2n) is 3.36. The number of hydrogen-bond acceptors (Lipinski definition) is 2. The Balaban J connectivity index is 2.76. The van der Waals surface area contributed by atoms with Gasteiger partial charge in [0.05, 0.1) is 11.9 Å². The van der Waals surface area contributed by atoms with Gasteiger partial charge in [0, 0.05) is 12.2 Å². The maximum Gasteiger partial charge on any atom is 0.214 e. The summed E-state index contributed by atoms with van der Waals surface area (Å²) >= 11 is 0. The van der Waals surface area contributed by atoms with E-state index in [4.69, 9.17) is 0 Å². The normalized spacial score (nSPS) is 12.1. The van der Waals surface area contributed by atoms with Crippen molar-refractivity contribution in [3.63, 3.8) is 0 Å². The van der Waals surface area contributed by atoms with Crippen LogP contribution in [0.1, 0.15) is 26.7 Å². The molecule has 1 atom stereocenters. The van der Waals surface area contributed by atoms with E-state index in [1.165, 1.54) is 0 Å². The number of nitrogens with zero attached hydrogens (tertiary/aromatic N) is 2. The molecule has 0 spiro atoms. The molecule has 1 aromatic rings. The Morgan fingerprint density at radius 3 is 2.93 bits per heavy atom. The van der Waals surface area contributed by atoms with Crippen molar-refractivity contribution in [3.8, 4) is 0 Å². The average molecular weight is 192 g/mol. The van der Waals surface area contributed by atoms with Crippen LogP contribution in [0.4, 0.5) is 5.69 Å². The first kappa shape index (κ1) is 10.7. The summed E-state index contributed by atoms with van der Waals surface area (Å²) in [6, 6.07) is 3.97. The van der Waals surface area contributed by atoms with Crippen LogP contribution in [0.25, 0.3) is 0 Å². The van der Waals surface area contributed by atoms with Gasteiger partial charge in [0.1, 0.15) is 0 Å². The van der Waals surface area contributed by atoms with E-state index in [-0.39, 0.29) is 6.04 Å². The molecule has 3 nitrogen and oxygen atoms in total. The second-order valence-corrected chi connectivity index (χ2v) is 3.36. The summed E-state index contributed by atoms with van der Waals surface area (Å²) in [5.41, 5.74) is 0.864. The van der Waals surface area contributed by atoms with E-state index in [1.807, 2.05) is 19.1 Å². The number of rotatable bonds is 5. The van der Waals surface area contributed by atoms with Crippen molar-refractivity contribution in [1.29, 1.82) is 0 Å². The van der Waals surface area contributed by atoms with Gasteiger partial charge in [0.15, 0.2) is 0 Å². The Kier molecular flexibility index (Phi) is 4.11. The summed E-state index contributed by atoms with van der Waals surface area (Å²) in [5.74, 6) is 0. The predicted octanol–water partition coefficient (Wildman–Crippen LogP) is 2.23. The average Bonchev–Trinajstić information content (AvgIpc) is 2.21. The lowest BCUT2D eigenvalue weighted by Gasteiger charge is -2.24. The molecule has 0 aromatic carbocycles. The number of hydrogen-bond donors (Lipinski definition) is 0. The summed E-state index contributed by atoms with van der Waals surface area (Å²) in [7, 11) is 0. The van der Waals surface area contributed by atoms with E-state index in [0.717, 1.165) is 24.9 Å². The van der Waals surface area contributed by atoms with E-state index >= 15 is 0 Å². The molecular formula is C11H16N2O. The predicted molar refractivity (Wildman–Crippen MR) is 57.2 cm³/mol. The largest absolute Gasteiger partial charge is 0.311 e. The van der Waals surface area contributed by atoms with Crippen LogP contribution in [0, 0.1) is 0 Å². The highest BCUT2D eigenvalue weighted by Crippen LogP contribution is 2.15. The van der Waals surface area contributed by atoms with Crippen molar-refractivity contribution in [2.75, 3.05) is 4.90 Å². The standard InChI is InChI=1S/C11H16N2O/c1-3-5-10(2)13(9-14)11-6-4-7-12-8-11/h4,6-10H,3,5H2,1-2H3. The smallest absolute Gasteiger partial charge is 0.214 e. The first-order valence-electron chi connectivity index (χ1n) is 4.93. The van der Waals surface area contributed by atoms with E-state index < -0.39 is 0 Å². The van der Waals surface area contributed by atoms with Crippen molar-refractivity contribution in [2.45, 2.75) is 32.7 Å². The lowest BCUT2D eigenvalue weighted by atomic mass is 10.1. The third kappa shape index (κ3) is 2.55. The highest BCUT2D eigenvalue weighted by atomic mass is 16.1. The molecule has 1 amide bonds. The van der Waals surface area contributed by atoms with Crippen LogP contribution >= 0.6 is 0 Å². The molecule has 0 aliphatic carbocycles. The Morgan fingerprint density at radius 1 is 1.64 bits per heavy atom. The van der Waals surface area contributed by atoms with Crippen molar-refractivity contribution >= 4 is 12.1 Å². The summed E-state index contributed by atoms with van der Waals surface area (Å²) in [5, 5.41) is 0. The van der Waals surface area contributed by atoms with E-state index in [1.54, 1.807) is 17.3 Å². The lowest BCUT2D eigenvalue weighted by Crippen LogP contribution is -2.31. The zero-order valence-electron chi connectivity index (χ0n) is 8.68. The second kappa shape index (κ2) is 5.37. The summed E-state index contributed by atoms with van der Waals surface area (Å²) in [6.45, 7) is 4.16. The van der Waals surface area contributed by atoms with Crippen LogP contribution in [0.2, 0.25) is 0 Å². The molecule has 0 fully saturated rings. The molecule has 0 aliphatic rings. The van der Waals surface area contributed by atoms with Crippen LogP contribution in [0.15, 0.2) is 24.5 Å². The Labute approximate surface area is 84.8 Å². The Bertz CT molecular complexity index is 274. The molecule has 76 valence electrons. The highest BCUT2D eigenvalue weighted by Gasteiger charge is 2.12. The van der Waals surface area contributed by atoms with Gasteiger partial charge in [-0.1, -0.05) is 13.3 Å². The first-order valence-corrected chi connectivity index (χ1v) is 4.93. The van der Waals surface area contributed by atoms with Crippen molar-refractivity contribution in [1.82, 2.24) is 4.98 Å². The van der Waals surface area contributed by atoms with E-state index in [9.17, 15) is 4.79 Å². The van der Waals surface area contributed by atoms with Crippen molar-refractivity contribution in [3.05, 3.63) is 24.5 Å². The highest BCUT2D eigenvalue weighted by molar-refractivity contribution is 5.75. The topological polar surface area (TPSA) is 33.2 Å². The number of carbonyl (C=O) groups excluding carboxylic acids is 1. The maximum atomic E-state index is 10.9. The van der Waals surface area contributed by atoms with Gasteiger partial charge in [-0.05, 0) is 25.5 Å². The van der Waals surface area contributed by atoms with Crippen LogP contribution in [-0.4, -0.2) is 17.4 Å². The summed E-state index contributed by atoms with van der Waals surface area (Å²) in [6.07, 6.45) is 6.37. The van der Waals surface area contributed by atoms with Gasteiger partial charge in [0.25, 0.3) is 0 Å². The zero-order valence-corrected chi connectivity index (χ0v) is 8.68. The maximum absolute atomic E-state index is 10.9. The van der Waals surface area contributed by atoms with E-state index in [0.29, 0.717) is 0 Å². The molecule has 0 saturated heterocycles. The first-order chi connectivity index (χ1) is 6.79. The third-order valence-electron chi connectivity index (χ3n) is 2.24. The molecule has 0 N–H and O–H groups in total. The lowest BCUT2D eigenvalue weighted by molar-refractivity contribution is -0.107. The van der Waals surface area contributed by atoms with Gasteiger partial charge in [-0.15, -0.1) is 0 Å². The van der Waals surface area contributed by atoms with Crippen LogP contribution in [-0.2, 0) is 4.79 Å². The van der Waals surface area contributed by atoms with Crippen LogP contribution < -0.4 is 4.90 Å². The number of anilines is 1. The Hall–Kier alpha value is -1.38. The van der Waals surface area contributed by atoms with Gasteiger partial charge < -0.3 is 4.90 Å². The quantitative estimate of drug-likeness (QED) is 0.670. The molecule has 3 heteroatoms. The van der Waals surface area contributed by atoms with Gasteiger partial charge in [-0.25, -0.2) is 0 Å². The molecule has 0 saturated carbocycles. The van der Waals surface area contributed by atoms with Crippen molar-refractivity contribution in [2.24, 2.45) is 0 Å². The van der Waals surface area contributed by atoms with E-state index in [2.05, 4.69) is 11.9 Å². The zero-order chi connectivity index (χ0) is 10.4. The number of amides is 1. The molecule has 1 unspecified atom stereocenters. The summed E-state index contributed by atoms with van der Waals surface area (Å²) < 4.78 is 0. The molecule has 0 radical (unpaired) electrons. The summed E-state index contributed by atoms with van der Waals surface area (Å²) in [4.78, 5) is 16.6. The SMILES string of the molecule is CCCC(C)N(C=O)c1cccnc1. The molecule has 1 aromatic heterocycles.